The van der Waals surface area contributed by atoms with E-state index in [0.717, 1.165) is 11.4 Å². The molecule has 0 atom stereocenters. The van der Waals surface area contributed by atoms with Crippen LogP contribution in [0.15, 0.2) is 200 Å². The van der Waals surface area contributed by atoms with Crippen molar-refractivity contribution < 1.29 is 0 Å². The average molecular weight is 700 g/mol. The van der Waals surface area contributed by atoms with Crippen molar-refractivity contribution in [1.29, 1.82) is 0 Å². The Morgan fingerprint density at radius 1 is 0.236 bits per heavy atom. The second kappa shape index (κ2) is 11.6. The van der Waals surface area contributed by atoms with Crippen molar-refractivity contribution in [2.75, 3.05) is 0 Å². The number of hydrogen-bond donors (Lipinski definition) is 0. The molecule has 256 valence electrons. The Labute approximate surface area is 317 Å². The monoisotopic (exact) mass is 699 g/mol. The Hall–Kier alpha value is -7.36. The summed E-state index contributed by atoms with van der Waals surface area (Å²) in [6.45, 7) is 0. The third-order valence-corrected chi connectivity index (χ3v) is 11.6. The molecule has 0 N–H and O–H groups in total. The molecule has 3 heterocycles. The molecule has 0 saturated heterocycles. The molecular weight excluding hydrogens is 667 g/mol. The second-order valence-corrected chi connectivity index (χ2v) is 14.6. The van der Waals surface area contributed by atoms with Gasteiger partial charge in [-0.15, -0.1) is 0 Å². The fraction of sp³-hybridized carbons (Fsp3) is 0. The van der Waals surface area contributed by atoms with E-state index in [1.165, 1.54) is 93.0 Å². The van der Waals surface area contributed by atoms with E-state index in [1.807, 2.05) is 0 Å². The van der Waals surface area contributed by atoms with E-state index in [0.29, 0.717) is 0 Å². The van der Waals surface area contributed by atoms with Crippen molar-refractivity contribution in [3.63, 3.8) is 0 Å². The normalized spacial score (nSPS) is 12.0. The maximum Gasteiger partial charge on any atom is 0.0619 e. The molecule has 0 aliphatic heterocycles. The zero-order valence-electron chi connectivity index (χ0n) is 29.9. The molecule has 0 saturated carbocycles. The van der Waals surface area contributed by atoms with E-state index >= 15 is 0 Å². The highest BCUT2D eigenvalue weighted by atomic mass is 15.0. The van der Waals surface area contributed by atoms with Crippen molar-refractivity contribution in [3.05, 3.63) is 200 Å². The highest BCUT2D eigenvalue weighted by Gasteiger charge is 2.18. The van der Waals surface area contributed by atoms with Gasteiger partial charge in [0.2, 0.25) is 0 Å². The van der Waals surface area contributed by atoms with Gasteiger partial charge in [0.05, 0.1) is 33.1 Å². The van der Waals surface area contributed by atoms with Gasteiger partial charge in [0, 0.05) is 54.8 Å². The maximum atomic E-state index is 2.45. The van der Waals surface area contributed by atoms with Crippen LogP contribution in [0.5, 0.6) is 0 Å². The van der Waals surface area contributed by atoms with Crippen molar-refractivity contribution in [3.8, 4) is 28.2 Å². The predicted molar refractivity (Wildman–Crippen MR) is 232 cm³/mol. The summed E-state index contributed by atoms with van der Waals surface area (Å²) in [4.78, 5) is 0. The average Bonchev–Trinajstić information content (AvgIpc) is 3.89. The summed E-state index contributed by atoms with van der Waals surface area (Å²) in [7, 11) is 0. The van der Waals surface area contributed by atoms with E-state index in [9.17, 15) is 0 Å². The smallest absolute Gasteiger partial charge is 0.0619 e. The summed E-state index contributed by atoms with van der Waals surface area (Å²) >= 11 is 0. The lowest BCUT2D eigenvalue weighted by Crippen LogP contribution is -1.99. The number of nitrogens with zero attached hydrogens (tertiary/aromatic N) is 3. The van der Waals surface area contributed by atoms with Crippen LogP contribution in [-0.2, 0) is 0 Å². The third kappa shape index (κ3) is 4.38. The Balaban J connectivity index is 1.05. The molecular formula is C52H33N3. The van der Waals surface area contributed by atoms with Crippen LogP contribution in [0.3, 0.4) is 0 Å². The highest BCUT2D eigenvalue weighted by Crippen LogP contribution is 2.40. The maximum absolute atomic E-state index is 2.45. The number of aromatic nitrogens is 3. The molecule has 12 aromatic rings. The summed E-state index contributed by atoms with van der Waals surface area (Å²) < 4.78 is 7.26. The molecule has 0 bridgehead atoms. The molecule has 0 aliphatic rings. The fourth-order valence-electron chi connectivity index (χ4n) is 9.21. The first-order chi connectivity index (χ1) is 27.3. The SMILES string of the molecule is c1ccc(-n2c3ccccc3c3cc(-c4ccc5c(c4)c4ccccc4n5-c4cccc(-n5c6ccccc6c6ccc7ccccc7c65)c4)ccc32)cc1. The zero-order valence-corrected chi connectivity index (χ0v) is 29.9. The van der Waals surface area contributed by atoms with Crippen LogP contribution in [0.25, 0.3) is 104 Å². The second-order valence-electron chi connectivity index (χ2n) is 14.6. The predicted octanol–water partition coefficient (Wildman–Crippen LogP) is 13.8. The molecule has 0 radical (unpaired) electrons. The first-order valence-corrected chi connectivity index (χ1v) is 18.9. The molecule has 0 amide bonds. The van der Waals surface area contributed by atoms with E-state index in [1.54, 1.807) is 0 Å². The molecule has 0 spiro atoms. The molecule has 12 rings (SSSR count). The minimum Gasteiger partial charge on any atom is -0.309 e. The highest BCUT2D eigenvalue weighted by molar-refractivity contribution is 6.19. The Morgan fingerprint density at radius 2 is 0.691 bits per heavy atom. The van der Waals surface area contributed by atoms with Crippen LogP contribution < -0.4 is 0 Å². The van der Waals surface area contributed by atoms with Crippen molar-refractivity contribution in [1.82, 2.24) is 13.7 Å². The number of hydrogen-bond acceptors (Lipinski definition) is 0. The summed E-state index contributed by atoms with van der Waals surface area (Å²) in [5.74, 6) is 0. The fourth-order valence-corrected chi connectivity index (χ4v) is 9.21. The van der Waals surface area contributed by atoms with Gasteiger partial charge >= 0.3 is 0 Å². The van der Waals surface area contributed by atoms with Crippen LogP contribution in [0.1, 0.15) is 0 Å². The topological polar surface area (TPSA) is 14.8 Å². The van der Waals surface area contributed by atoms with E-state index < -0.39 is 0 Å². The van der Waals surface area contributed by atoms with Crippen LogP contribution in [0, 0.1) is 0 Å². The number of para-hydroxylation sites is 4. The quantitative estimate of drug-likeness (QED) is 0.174. The summed E-state index contributed by atoms with van der Waals surface area (Å²) in [5.41, 5.74) is 13.1. The molecule has 3 heteroatoms. The zero-order chi connectivity index (χ0) is 36.0. The molecule has 3 aromatic heterocycles. The Kier molecular flexibility index (Phi) is 6.34. The van der Waals surface area contributed by atoms with Gasteiger partial charge in [-0.25, -0.2) is 0 Å². The Morgan fingerprint density at radius 3 is 1.33 bits per heavy atom. The standard InChI is InChI=1S/C52H33N3/c1-2-14-37(15-3-1)53-47-22-9-7-20-42(47)45-31-35(26-29-50(45)53)36-27-30-51-46(32-36)43-21-8-10-23-48(43)54(51)38-16-12-17-39(33-38)55-49-24-11-6-19-41(49)44-28-25-34-13-4-5-18-40(34)52(44)55/h1-33H. The van der Waals surface area contributed by atoms with Gasteiger partial charge in [-0.2, -0.15) is 0 Å². The molecule has 3 nitrogen and oxygen atoms in total. The molecule has 0 aliphatic carbocycles. The van der Waals surface area contributed by atoms with E-state index in [4.69, 9.17) is 0 Å². The summed E-state index contributed by atoms with van der Waals surface area (Å²) in [6.07, 6.45) is 0. The largest absolute Gasteiger partial charge is 0.309 e. The first-order valence-electron chi connectivity index (χ1n) is 18.9. The number of fused-ring (bicyclic) bond motifs is 11. The molecule has 0 fully saturated rings. The van der Waals surface area contributed by atoms with Crippen molar-refractivity contribution in [2.24, 2.45) is 0 Å². The van der Waals surface area contributed by atoms with Crippen molar-refractivity contribution in [2.45, 2.75) is 0 Å². The molecule has 9 aromatic carbocycles. The van der Waals surface area contributed by atoms with E-state index in [2.05, 4.69) is 214 Å². The Bertz CT molecular complexity index is 3490. The van der Waals surface area contributed by atoms with Gasteiger partial charge in [-0.1, -0.05) is 127 Å². The lowest BCUT2D eigenvalue weighted by atomic mass is 10.0. The third-order valence-electron chi connectivity index (χ3n) is 11.6. The summed E-state index contributed by atoms with van der Waals surface area (Å²) in [5, 5.41) is 10.0. The number of rotatable bonds is 4. The lowest BCUT2D eigenvalue weighted by molar-refractivity contribution is 1.14. The minimum atomic E-state index is 1.14. The van der Waals surface area contributed by atoms with Gasteiger partial charge in [0.15, 0.2) is 0 Å². The lowest BCUT2D eigenvalue weighted by Gasteiger charge is -2.14. The van der Waals surface area contributed by atoms with Crippen LogP contribution in [-0.4, -0.2) is 13.7 Å². The summed E-state index contributed by atoms with van der Waals surface area (Å²) in [6, 6.07) is 73.2. The number of benzene rings is 9. The van der Waals surface area contributed by atoms with Gasteiger partial charge in [-0.3, -0.25) is 0 Å². The van der Waals surface area contributed by atoms with Crippen molar-refractivity contribution >= 4 is 76.2 Å². The van der Waals surface area contributed by atoms with Gasteiger partial charge < -0.3 is 13.7 Å². The van der Waals surface area contributed by atoms with Crippen LogP contribution in [0.2, 0.25) is 0 Å². The van der Waals surface area contributed by atoms with Gasteiger partial charge in [0.25, 0.3) is 0 Å². The van der Waals surface area contributed by atoms with Gasteiger partial charge in [0.1, 0.15) is 0 Å². The molecule has 0 unspecified atom stereocenters. The van der Waals surface area contributed by atoms with Gasteiger partial charge in [-0.05, 0) is 89.3 Å². The van der Waals surface area contributed by atoms with Crippen LogP contribution in [0.4, 0.5) is 0 Å². The molecule has 55 heavy (non-hydrogen) atoms. The van der Waals surface area contributed by atoms with E-state index in [-0.39, 0.29) is 0 Å². The van der Waals surface area contributed by atoms with Crippen LogP contribution >= 0.6 is 0 Å². The minimum absolute atomic E-state index is 1.14. The first kappa shape index (κ1) is 30.1.